The van der Waals surface area contributed by atoms with Gasteiger partial charge in [0.15, 0.2) is 17.6 Å². The second kappa shape index (κ2) is 12.7. The van der Waals surface area contributed by atoms with E-state index in [-0.39, 0.29) is 19.1 Å². The molecule has 1 atom stereocenters. The zero-order valence-electron chi connectivity index (χ0n) is 18.8. The normalized spacial score (nSPS) is 11.5. The van der Waals surface area contributed by atoms with Crippen LogP contribution in [0.3, 0.4) is 0 Å². The van der Waals surface area contributed by atoms with Crippen molar-refractivity contribution in [1.29, 1.82) is 0 Å². The van der Waals surface area contributed by atoms with Crippen LogP contribution >= 0.6 is 0 Å². The summed E-state index contributed by atoms with van der Waals surface area (Å²) in [6.45, 7) is 6.02. The molecule has 0 fully saturated rings. The highest BCUT2D eigenvalue weighted by Gasteiger charge is 2.21. The van der Waals surface area contributed by atoms with E-state index in [2.05, 4.69) is 30.9 Å². The number of hydrogen-bond donors (Lipinski definition) is 1. The lowest BCUT2D eigenvalue weighted by Gasteiger charge is -2.17. The van der Waals surface area contributed by atoms with Crippen molar-refractivity contribution in [2.24, 2.45) is 0 Å². The lowest BCUT2D eigenvalue weighted by Crippen LogP contribution is -2.29. The minimum atomic E-state index is -0.987. The molecule has 0 heterocycles. The number of methoxy groups -OCH3 is 1. The Hall–Kier alpha value is -2.97. The van der Waals surface area contributed by atoms with Gasteiger partial charge in [-0.3, -0.25) is 0 Å². The molecule has 0 aromatic heterocycles. The van der Waals surface area contributed by atoms with Gasteiger partial charge in [0.1, 0.15) is 6.61 Å². The number of hydrogen-bond acceptors (Lipinski definition) is 4. The van der Waals surface area contributed by atoms with Crippen molar-refractivity contribution in [1.82, 2.24) is 0 Å². The Balaban J connectivity index is 2.02. The number of ether oxygens (including phenoxy) is 3. The SMILES string of the molecule is CCCCc1ccc(C#CCOc2cc(CC(OC(C)C)C(=O)O)ccc2OC)cc1. The summed E-state index contributed by atoms with van der Waals surface area (Å²) in [6, 6.07) is 13.7. The topological polar surface area (TPSA) is 65.0 Å². The maximum Gasteiger partial charge on any atom is 0.333 e. The largest absolute Gasteiger partial charge is 0.493 e. The number of benzene rings is 2. The first-order chi connectivity index (χ1) is 14.9. The Morgan fingerprint density at radius 3 is 2.39 bits per heavy atom. The van der Waals surface area contributed by atoms with Crippen molar-refractivity contribution in [2.45, 2.75) is 58.7 Å². The molecule has 0 aliphatic carbocycles. The molecule has 0 saturated carbocycles. The zero-order chi connectivity index (χ0) is 22.6. The van der Waals surface area contributed by atoms with Gasteiger partial charge in [0.2, 0.25) is 0 Å². The number of aliphatic carboxylic acids is 1. The Morgan fingerprint density at radius 2 is 1.77 bits per heavy atom. The van der Waals surface area contributed by atoms with Crippen LogP contribution in [0.2, 0.25) is 0 Å². The molecule has 0 amide bonds. The lowest BCUT2D eigenvalue weighted by molar-refractivity contribution is -0.153. The third kappa shape index (κ3) is 8.35. The average Bonchev–Trinajstić information content (AvgIpc) is 2.75. The van der Waals surface area contributed by atoms with E-state index in [1.807, 2.05) is 32.0 Å². The van der Waals surface area contributed by atoms with Gasteiger partial charge < -0.3 is 19.3 Å². The lowest BCUT2D eigenvalue weighted by atomic mass is 10.1. The molecule has 0 aliphatic heterocycles. The number of aryl methyl sites for hydroxylation is 1. The van der Waals surface area contributed by atoms with Crippen molar-refractivity contribution in [3.63, 3.8) is 0 Å². The van der Waals surface area contributed by atoms with Crippen LogP contribution in [0.1, 0.15) is 50.3 Å². The number of rotatable bonds is 11. The predicted octanol–water partition coefficient (Wildman–Crippen LogP) is 4.89. The van der Waals surface area contributed by atoms with Gasteiger partial charge in [-0.05, 0) is 62.1 Å². The fraction of sp³-hybridized carbons (Fsp3) is 0.423. The van der Waals surface area contributed by atoms with E-state index in [1.54, 1.807) is 19.2 Å². The average molecular weight is 425 g/mol. The molecule has 5 nitrogen and oxygen atoms in total. The molecular weight excluding hydrogens is 392 g/mol. The first-order valence-corrected chi connectivity index (χ1v) is 10.7. The van der Waals surface area contributed by atoms with Gasteiger partial charge in [-0.25, -0.2) is 4.79 Å². The molecule has 1 N–H and O–H groups in total. The minimum absolute atomic E-state index is 0.175. The maximum atomic E-state index is 11.5. The number of carboxylic acids is 1. The molecule has 2 rings (SSSR count). The molecule has 0 spiro atoms. The summed E-state index contributed by atoms with van der Waals surface area (Å²) in [7, 11) is 1.57. The van der Waals surface area contributed by atoms with E-state index in [1.165, 1.54) is 18.4 Å². The van der Waals surface area contributed by atoms with Crippen molar-refractivity contribution in [3.8, 4) is 23.3 Å². The molecule has 0 bridgehead atoms. The van der Waals surface area contributed by atoms with Gasteiger partial charge in [0.25, 0.3) is 0 Å². The number of carbonyl (C=O) groups is 1. The molecule has 31 heavy (non-hydrogen) atoms. The first kappa shape index (κ1) is 24.3. The van der Waals surface area contributed by atoms with Crippen molar-refractivity contribution < 1.29 is 24.1 Å². The summed E-state index contributed by atoms with van der Waals surface area (Å²) in [5.41, 5.74) is 3.06. The monoisotopic (exact) mass is 424 g/mol. The second-order valence-electron chi connectivity index (χ2n) is 7.59. The van der Waals surface area contributed by atoms with Crippen LogP contribution in [0.25, 0.3) is 0 Å². The standard InChI is InChI=1S/C26H32O5/c1-5-6-8-20-10-12-21(13-11-20)9-7-16-30-24-17-22(14-15-23(24)29-4)18-25(26(27)28)31-19(2)3/h10-15,17,19,25H,5-6,8,16,18H2,1-4H3,(H,27,28). The van der Waals surface area contributed by atoms with Crippen LogP contribution in [-0.2, 0) is 22.4 Å². The second-order valence-corrected chi connectivity index (χ2v) is 7.59. The van der Waals surface area contributed by atoms with Crippen LogP contribution in [0, 0.1) is 11.8 Å². The highest BCUT2D eigenvalue weighted by atomic mass is 16.5. The van der Waals surface area contributed by atoms with Crippen LogP contribution in [0.15, 0.2) is 42.5 Å². The third-order valence-corrected chi connectivity index (χ3v) is 4.67. The molecule has 0 radical (unpaired) electrons. The summed E-state index contributed by atoms with van der Waals surface area (Å²) < 4.78 is 16.7. The van der Waals surface area contributed by atoms with Crippen LogP contribution in [-0.4, -0.2) is 37.0 Å². The molecule has 0 saturated heterocycles. The maximum absolute atomic E-state index is 11.5. The van der Waals surface area contributed by atoms with Crippen LogP contribution < -0.4 is 9.47 Å². The summed E-state index contributed by atoms with van der Waals surface area (Å²) in [5.74, 6) is 6.24. The molecule has 0 aliphatic rings. The highest BCUT2D eigenvalue weighted by Crippen LogP contribution is 2.28. The van der Waals surface area contributed by atoms with E-state index in [0.717, 1.165) is 17.5 Å². The van der Waals surface area contributed by atoms with Gasteiger partial charge in [-0.2, -0.15) is 0 Å². The van der Waals surface area contributed by atoms with Crippen molar-refractivity contribution >= 4 is 5.97 Å². The fourth-order valence-corrected chi connectivity index (χ4v) is 3.08. The Bertz CT molecular complexity index is 890. The molecule has 1 unspecified atom stereocenters. The van der Waals surface area contributed by atoms with Gasteiger partial charge in [0, 0.05) is 12.0 Å². The van der Waals surface area contributed by atoms with E-state index in [4.69, 9.17) is 14.2 Å². The van der Waals surface area contributed by atoms with E-state index >= 15 is 0 Å². The van der Waals surface area contributed by atoms with Gasteiger partial charge in [-0.15, -0.1) is 0 Å². The molecule has 166 valence electrons. The minimum Gasteiger partial charge on any atom is -0.493 e. The number of unbranched alkanes of at least 4 members (excludes halogenated alkanes) is 1. The third-order valence-electron chi connectivity index (χ3n) is 4.67. The fourth-order valence-electron chi connectivity index (χ4n) is 3.08. The van der Waals surface area contributed by atoms with Gasteiger partial charge in [0.05, 0.1) is 13.2 Å². The summed E-state index contributed by atoms with van der Waals surface area (Å²) in [4.78, 5) is 11.5. The van der Waals surface area contributed by atoms with Crippen LogP contribution in [0.5, 0.6) is 11.5 Å². The Kier molecular flexibility index (Phi) is 9.93. The van der Waals surface area contributed by atoms with Crippen LogP contribution in [0.4, 0.5) is 0 Å². The number of carboxylic acid groups (broad SMARTS) is 1. The zero-order valence-corrected chi connectivity index (χ0v) is 18.8. The van der Waals surface area contributed by atoms with Gasteiger partial charge >= 0.3 is 5.97 Å². The molecule has 2 aromatic rings. The van der Waals surface area contributed by atoms with E-state index in [9.17, 15) is 9.90 Å². The highest BCUT2D eigenvalue weighted by molar-refractivity contribution is 5.72. The summed E-state index contributed by atoms with van der Waals surface area (Å²) in [6.07, 6.45) is 2.62. The predicted molar refractivity (Wildman–Crippen MR) is 122 cm³/mol. The summed E-state index contributed by atoms with van der Waals surface area (Å²) >= 11 is 0. The van der Waals surface area contributed by atoms with Gasteiger partial charge in [-0.1, -0.05) is 43.4 Å². The summed E-state index contributed by atoms with van der Waals surface area (Å²) in [5, 5.41) is 9.40. The smallest absolute Gasteiger partial charge is 0.333 e. The van der Waals surface area contributed by atoms with Crippen molar-refractivity contribution in [3.05, 3.63) is 59.2 Å². The Labute approximate surface area is 185 Å². The quantitative estimate of drug-likeness (QED) is 0.521. The Morgan fingerprint density at radius 1 is 1.06 bits per heavy atom. The molecular formula is C26H32O5. The van der Waals surface area contributed by atoms with Crippen molar-refractivity contribution in [2.75, 3.05) is 13.7 Å². The molecule has 5 heteroatoms. The van der Waals surface area contributed by atoms with E-state index < -0.39 is 12.1 Å². The van der Waals surface area contributed by atoms with E-state index in [0.29, 0.717) is 11.5 Å². The first-order valence-electron chi connectivity index (χ1n) is 10.7. The molecule has 2 aromatic carbocycles.